The van der Waals surface area contributed by atoms with E-state index in [0.29, 0.717) is 23.5 Å². The quantitative estimate of drug-likeness (QED) is 0.766. The van der Waals surface area contributed by atoms with Gasteiger partial charge in [-0.3, -0.25) is 9.59 Å². The first-order valence-electron chi connectivity index (χ1n) is 8.23. The van der Waals surface area contributed by atoms with Crippen LogP contribution in [0, 0.1) is 0 Å². The highest BCUT2D eigenvalue weighted by atomic mass is 16.5. The highest BCUT2D eigenvalue weighted by Gasteiger charge is 2.21. The van der Waals surface area contributed by atoms with E-state index in [2.05, 4.69) is 9.97 Å². The van der Waals surface area contributed by atoms with Crippen LogP contribution in [-0.4, -0.2) is 40.5 Å². The van der Waals surface area contributed by atoms with E-state index in [0.717, 1.165) is 25.9 Å². The number of nitrogen functional groups attached to an aromatic ring is 2. The average Bonchev–Trinajstić information content (AvgIpc) is 3.13. The molecule has 0 spiro atoms. The Morgan fingerprint density at radius 1 is 1.32 bits per heavy atom. The number of likely N-dealkylation sites (tertiary alicyclic amines) is 1. The van der Waals surface area contributed by atoms with Crippen LogP contribution >= 0.6 is 0 Å². The minimum absolute atomic E-state index is 0.0247. The summed E-state index contributed by atoms with van der Waals surface area (Å²) < 4.78 is 5.65. The number of H-pyrrole nitrogens is 1. The highest BCUT2D eigenvalue weighted by molar-refractivity contribution is 5.95. The minimum atomic E-state index is -0.512. The Kier molecular flexibility index (Phi) is 4.60. The van der Waals surface area contributed by atoms with Gasteiger partial charge in [-0.25, -0.2) is 4.98 Å². The van der Waals surface area contributed by atoms with Crippen molar-refractivity contribution in [3.05, 3.63) is 34.1 Å². The van der Waals surface area contributed by atoms with Gasteiger partial charge >= 0.3 is 0 Å². The fraction of sp³-hybridized carbons (Fsp3) is 0.353. The average molecular weight is 343 g/mol. The summed E-state index contributed by atoms with van der Waals surface area (Å²) in [4.78, 5) is 32.9. The van der Waals surface area contributed by atoms with Gasteiger partial charge in [-0.1, -0.05) is 0 Å². The number of carbonyl (C=O) groups is 1. The zero-order valence-electron chi connectivity index (χ0n) is 14.0. The molecule has 1 saturated heterocycles. The molecule has 3 rings (SSSR count). The van der Waals surface area contributed by atoms with Gasteiger partial charge in [0.05, 0.1) is 12.2 Å². The molecule has 0 saturated carbocycles. The first-order valence-corrected chi connectivity index (χ1v) is 8.23. The van der Waals surface area contributed by atoms with E-state index in [-0.39, 0.29) is 23.2 Å². The molecule has 2 aromatic rings. The smallest absolute Gasteiger partial charge is 0.276 e. The van der Waals surface area contributed by atoms with Crippen LogP contribution in [0.2, 0.25) is 0 Å². The summed E-state index contributed by atoms with van der Waals surface area (Å²) in [5.41, 5.74) is 11.7. The van der Waals surface area contributed by atoms with Gasteiger partial charge < -0.3 is 26.1 Å². The molecule has 8 heteroatoms. The molecule has 0 bridgehead atoms. The maximum atomic E-state index is 12.6. The number of anilines is 2. The second kappa shape index (κ2) is 6.84. The predicted octanol–water partition coefficient (Wildman–Crippen LogP) is 1.24. The number of benzene rings is 1. The van der Waals surface area contributed by atoms with E-state index in [1.165, 1.54) is 0 Å². The van der Waals surface area contributed by atoms with E-state index in [4.69, 9.17) is 16.2 Å². The molecular formula is C17H21N5O3. The molecule has 8 nitrogen and oxygen atoms in total. The fourth-order valence-electron chi connectivity index (χ4n) is 2.86. The molecule has 132 valence electrons. The third-order valence-electron chi connectivity index (χ3n) is 4.16. The van der Waals surface area contributed by atoms with Crippen molar-refractivity contribution in [2.75, 3.05) is 31.2 Å². The van der Waals surface area contributed by atoms with Gasteiger partial charge in [-0.15, -0.1) is 0 Å². The lowest BCUT2D eigenvalue weighted by Gasteiger charge is -2.17. The molecule has 0 aliphatic carbocycles. The summed E-state index contributed by atoms with van der Waals surface area (Å²) >= 11 is 0. The van der Waals surface area contributed by atoms with Gasteiger partial charge in [0, 0.05) is 18.7 Å². The summed E-state index contributed by atoms with van der Waals surface area (Å²) in [7, 11) is 0. The molecule has 0 radical (unpaired) electrons. The molecule has 1 aromatic heterocycles. The Bertz CT molecular complexity index is 856. The van der Waals surface area contributed by atoms with Crippen LogP contribution in [0.5, 0.6) is 5.75 Å². The van der Waals surface area contributed by atoms with Crippen molar-refractivity contribution in [2.24, 2.45) is 0 Å². The van der Waals surface area contributed by atoms with Crippen molar-refractivity contribution in [3.8, 4) is 17.1 Å². The van der Waals surface area contributed by atoms with Crippen LogP contribution in [0.25, 0.3) is 11.4 Å². The predicted molar refractivity (Wildman–Crippen MR) is 95.4 cm³/mol. The van der Waals surface area contributed by atoms with Crippen molar-refractivity contribution in [1.82, 2.24) is 14.9 Å². The number of carbonyl (C=O) groups excluding carboxylic acids is 1. The van der Waals surface area contributed by atoms with Gasteiger partial charge in [-0.05, 0) is 38.0 Å². The summed E-state index contributed by atoms with van der Waals surface area (Å²) in [6, 6.07) is 5.07. The molecule has 1 aliphatic heterocycles. The standard InChI is InChI=1S/C17H21N5O3/c1-2-25-12-9-10(17(24)22-7-3-4-8-22)5-6-11(12)15-20-14(19)13(18)16(23)21-15/h5-6,9H,2-4,7-8,18H2,1H3,(H3,19,20,21,23). The topological polar surface area (TPSA) is 127 Å². The zero-order chi connectivity index (χ0) is 18.0. The van der Waals surface area contributed by atoms with Crippen LogP contribution in [-0.2, 0) is 0 Å². The number of nitrogens with zero attached hydrogens (tertiary/aromatic N) is 2. The first-order chi connectivity index (χ1) is 12.0. The lowest BCUT2D eigenvalue weighted by molar-refractivity contribution is 0.0792. The number of aromatic amines is 1. The van der Waals surface area contributed by atoms with E-state index in [1.54, 1.807) is 18.2 Å². The number of hydrogen-bond donors (Lipinski definition) is 3. The van der Waals surface area contributed by atoms with Gasteiger partial charge in [0.15, 0.2) is 5.82 Å². The number of ether oxygens (including phenoxy) is 1. The molecule has 25 heavy (non-hydrogen) atoms. The maximum Gasteiger partial charge on any atom is 0.276 e. The van der Waals surface area contributed by atoms with E-state index in [9.17, 15) is 9.59 Å². The number of nitrogens with one attached hydrogen (secondary N) is 1. The van der Waals surface area contributed by atoms with Gasteiger partial charge in [-0.2, -0.15) is 0 Å². The Morgan fingerprint density at radius 2 is 2.04 bits per heavy atom. The molecule has 0 atom stereocenters. The molecule has 1 fully saturated rings. The Morgan fingerprint density at radius 3 is 2.68 bits per heavy atom. The summed E-state index contributed by atoms with van der Waals surface area (Å²) in [6.07, 6.45) is 2.05. The summed E-state index contributed by atoms with van der Waals surface area (Å²) in [5.74, 6) is 0.641. The monoisotopic (exact) mass is 343 g/mol. The number of aromatic nitrogens is 2. The summed E-state index contributed by atoms with van der Waals surface area (Å²) in [5, 5.41) is 0. The van der Waals surface area contributed by atoms with Crippen molar-refractivity contribution >= 4 is 17.4 Å². The highest BCUT2D eigenvalue weighted by Crippen LogP contribution is 2.30. The van der Waals surface area contributed by atoms with E-state index >= 15 is 0 Å². The van der Waals surface area contributed by atoms with Gasteiger partial charge in [0.25, 0.3) is 11.5 Å². The van der Waals surface area contributed by atoms with Crippen molar-refractivity contribution in [1.29, 1.82) is 0 Å². The molecule has 1 aromatic carbocycles. The number of hydrogen-bond acceptors (Lipinski definition) is 6. The second-order valence-corrected chi connectivity index (χ2v) is 5.86. The first kappa shape index (κ1) is 16.8. The number of rotatable bonds is 4. The second-order valence-electron chi connectivity index (χ2n) is 5.86. The van der Waals surface area contributed by atoms with Gasteiger partial charge in [0.1, 0.15) is 17.3 Å². The molecule has 2 heterocycles. The van der Waals surface area contributed by atoms with Crippen molar-refractivity contribution in [2.45, 2.75) is 19.8 Å². The number of nitrogens with two attached hydrogens (primary N) is 2. The lowest BCUT2D eigenvalue weighted by atomic mass is 10.1. The normalized spacial score (nSPS) is 13.9. The van der Waals surface area contributed by atoms with Crippen molar-refractivity contribution in [3.63, 3.8) is 0 Å². The van der Waals surface area contributed by atoms with Crippen LogP contribution < -0.4 is 21.8 Å². The minimum Gasteiger partial charge on any atom is -0.493 e. The molecule has 1 amide bonds. The number of amides is 1. The van der Waals surface area contributed by atoms with Crippen LogP contribution in [0.15, 0.2) is 23.0 Å². The van der Waals surface area contributed by atoms with E-state index in [1.807, 2.05) is 11.8 Å². The SMILES string of the molecule is CCOc1cc(C(=O)N2CCCC2)ccc1-c1nc(N)c(N)c(=O)[nH]1. The zero-order valence-corrected chi connectivity index (χ0v) is 14.0. The Labute approximate surface area is 144 Å². The van der Waals surface area contributed by atoms with Crippen LogP contribution in [0.4, 0.5) is 11.5 Å². The maximum absolute atomic E-state index is 12.6. The molecular weight excluding hydrogens is 322 g/mol. The lowest BCUT2D eigenvalue weighted by Crippen LogP contribution is -2.27. The van der Waals surface area contributed by atoms with Crippen LogP contribution in [0.3, 0.4) is 0 Å². The third-order valence-corrected chi connectivity index (χ3v) is 4.16. The molecule has 0 unspecified atom stereocenters. The van der Waals surface area contributed by atoms with E-state index < -0.39 is 5.56 Å². The third kappa shape index (κ3) is 3.28. The van der Waals surface area contributed by atoms with Crippen molar-refractivity contribution < 1.29 is 9.53 Å². The Balaban J connectivity index is 2.02. The fourth-order valence-corrected chi connectivity index (χ4v) is 2.86. The summed E-state index contributed by atoms with van der Waals surface area (Å²) in [6.45, 7) is 3.79. The molecule has 5 N–H and O–H groups in total. The van der Waals surface area contributed by atoms with Crippen LogP contribution in [0.1, 0.15) is 30.1 Å². The largest absolute Gasteiger partial charge is 0.493 e. The van der Waals surface area contributed by atoms with Gasteiger partial charge in [0.2, 0.25) is 0 Å². The molecule has 1 aliphatic rings. The Hall–Kier alpha value is -3.03.